The number of aromatic nitrogens is 2. The van der Waals surface area contributed by atoms with Crippen molar-refractivity contribution in [2.45, 2.75) is 26.8 Å². The molecule has 0 radical (unpaired) electrons. The van der Waals surface area contributed by atoms with Gasteiger partial charge in [-0.2, -0.15) is 5.10 Å². The van der Waals surface area contributed by atoms with Gasteiger partial charge in [0.25, 0.3) is 5.56 Å². The van der Waals surface area contributed by atoms with Gasteiger partial charge >= 0.3 is 0 Å². The maximum atomic E-state index is 11.8. The van der Waals surface area contributed by atoms with E-state index in [9.17, 15) is 4.79 Å². The fraction of sp³-hybridized carbons (Fsp3) is 0.667. The lowest BCUT2D eigenvalue weighted by atomic mass is 10.4. The Morgan fingerprint density at radius 3 is 2.76 bits per heavy atom. The first-order valence-electron chi connectivity index (χ1n) is 6.18. The Kier molecular flexibility index (Phi) is 5.69. The van der Waals surface area contributed by atoms with Crippen LogP contribution in [0.25, 0.3) is 0 Å². The molecular weight excluding hydrogens is 216 g/mol. The molecular formula is C12H22N4O. The van der Waals surface area contributed by atoms with Crippen molar-refractivity contribution in [2.24, 2.45) is 0 Å². The van der Waals surface area contributed by atoms with Gasteiger partial charge in [0.05, 0.1) is 18.4 Å². The van der Waals surface area contributed by atoms with Crippen LogP contribution in [-0.2, 0) is 6.54 Å². The fourth-order valence-corrected chi connectivity index (χ4v) is 1.47. The van der Waals surface area contributed by atoms with Crippen LogP contribution >= 0.6 is 0 Å². The van der Waals surface area contributed by atoms with Crippen molar-refractivity contribution in [3.63, 3.8) is 0 Å². The molecule has 5 nitrogen and oxygen atoms in total. The lowest BCUT2D eigenvalue weighted by molar-refractivity contribution is 0.531. The van der Waals surface area contributed by atoms with Crippen LogP contribution in [0, 0.1) is 0 Å². The first-order valence-corrected chi connectivity index (χ1v) is 6.18. The van der Waals surface area contributed by atoms with Gasteiger partial charge in [-0.25, -0.2) is 4.68 Å². The van der Waals surface area contributed by atoms with Crippen molar-refractivity contribution in [1.82, 2.24) is 15.1 Å². The number of nitrogens with zero attached hydrogens (tertiary/aromatic N) is 3. The minimum atomic E-state index is -0.0406. The van der Waals surface area contributed by atoms with Crippen LogP contribution in [-0.4, -0.2) is 36.5 Å². The summed E-state index contributed by atoms with van der Waals surface area (Å²) in [5.41, 5.74) is 0.830. The van der Waals surface area contributed by atoms with E-state index in [2.05, 4.69) is 17.3 Å². The van der Waals surface area contributed by atoms with E-state index in [1.807, 2.05) is 18.9 Å². The molecule has 1 aromatic rings. The van der Waals surface area contributed by atoms with Crippen LogP contribution in [0.5, 0.6) is 0 Å². The fourth-order valence-electron chi connectivity index (χ4n) is 1.47. The molecule has 0 aliphatic carbocycles. The number of hydrogen-bond acceptors (Lipinski definition) is 4. The highest BCUT2D eigenvalue weighted by atomic mass is 16.1. The van der Waals surface area contributed by atoms with E-state index >= 15 is 0 Å². The number of nitrogens with one attached hydrogen (secondary N) is 1. The quantitative estimate of drug-likeness (QED) is 0.710. The van der Waals surface area contributed by atoms with Crippen LogP contribution in [0.15, 0.2) is 17.1 Å². The van der Waals surface area contributed by atoms with Gasteiger partial charge in [-0.05, 0) is 19.9 Å². The first-order chi connectivity index (χ1) is 8.19. The van der Waals surface area contributed by atoms with Gasteiger partial charge in [0.1, 0.15) is 0 Å². The summed E-state index contributed by atoms with van der Waals surface area (Å²) in [4.78, 5) is 13.8. The van der Waals surface area contributed by atoms with Crippen molar-refractivity contribution < 1.29 is 0 Å². The van der Waals surface area contributed by atoms with Gasteiger partial charge in [0.15, 0.2) is 0 Å². The first kappa shape index (κ1) is 13.7. The molecule has 0 saturated heterocycles. The van der Waals surface area contributed by atoms with Crippen molar-refractivity contribution in [1.29, 1.82) is 0 Å². The molecule has 1 rings (SSSR count). The molecule has 1 heterocycles. The highest BCUT2D eigenvalue weighted by molar-refractivity contribution is 5.41. The smallest absolute Gasteiger partial charge is 0.268 e. The molecule has 96 valence electrons. The Bertz CT molecular complexity index is 388. The second-order valence-corrected chi connectivity index (χ2v) is 4.04. The van der Waals surface area contributed by atoms with Gasteiger partial charge < -0.3 is 10.2 Å². The van der Waals surface area contributed by atoms with Crippen molar-refractivity contribution in [3.8, 4) is 0 Å². The van der Waals surface area contributed by atoms with Crippen molar-refractivity contribution in [3.05, 3.63) is 22.6 Å². The molecule has 0 atom stereocenters. The molecule has 0 amide bonds. The Morgan fingerprint density at radius 1 is 1.41 bits per heavy atom. The molecule has 0 unspecified atom stereocenters. The van der Waals surface area contributed by atoms with Crippen LogP contribution in [0.1, 0.15) is 20.3 Å². The Balaban J connectivity index is 2.60. The third-order valence-electron chi connectivity index (χ3n) is 2.70. The zero-order chi connectivity index (χ0) is 12.7. The summed E-state index contributed by atoms with van der Waals surface area (Å²) >= 11 is 0. The molecule has 0 aliphatic rings. The van der Waals surface area contributed by atoms with Gasteiger partial charge in [0.2, 0.25) is 0 Å². The molecule has 0 bridgehead atoms. The molecule has 1 aromatic heterocycles. The number of anilines is 1. The second-order valence-electron chi connectivity index (χ2n) is 4.04. The lowest BCUT2D eigenvalue weighted by Gasteiger charge is -2.16. The molecule has 0 fully saturated rings. The minimum Gasteiger partial charge on any atom is -0.373 e. The Hall–Kier alpha value is -1.36. The highest BCUT2D eigenvalue weighted by Gasteiger charge is 2.02. The third kappa shape index (κ3) is 4.19. The van der Waals surface area contributed by atoms with Gasteiger partial charge in [0, 0.05) is 26.2 Å². The standard InChI is InChI=1S/C12H22N4O/c1-4-6-13-7-8-16-12(17)9-11(10-14-16)15(3)5-2/h9-10,13H,4-8H2,1-3H3. The minimum absolute atomic E-state index is 0.0406. The third-order valence-corrected chi connectivity index (χ3v) is 2.70. The lowest BCUT2D eigenvalue weighted by Crippen LogP contribution is -2.30. The topological polar surface area (TPSA) is 50.2 Å². The van der Waals surface area contributed by atoms with Gasteiger partial charge in [-0.15, -0.1) is 0 Å². The molecule has 1 N–H and O–H groups in total. The summed E-state index contributed by atoms with van der Waals surface area (Å²) in [5.74, 6) is 0. The largest absolute Gasteiger partial charge is 0.373 e. The van der Waals surface area contributed by atoms with E-state index in [1.165, 1.54) is 4.68 Å². The summed E-state index contributed by atoms with van der Waals surface area (Å²) in [6, 6.07) is 1.64. The monoisotopic (exact) mass is 238 g/mol. The summed E-state index contributed by atoms with van der Waals surface area (Å²) in [7, 11) is 1.95. The summed E-state index contributed by atoms with van der Waals surface area (Å²) in [6.07, 6.45) is 2.84. The zero-order valence-electron chi connectivity index (χ0n) is 10.9. The highest BCUT2D eigenvalue weighted by Crippen LogP contribution is 2.05. The van der Waals surface area contributed by atoms with Crippen molar-refractivity contribution >= 4 is 5.69 Å². The normalized spacial score (nSPS) is 10.5. The molecule has 5 heteroatoms. The summed E-state index contributed by atoms with van der Waals surface area (Å²) in [5, 5.41) is 7.42. The number of rotatable bonds is 7. The summed E-state index contributed by atoms with van der Waals surface area (Å²) < 4.78 is 1.50. The molecule has 0 aromatic carbocycles. The van der Waals surface area contributed by atoms with Crippen molar-refractivity contribution in [2.75, 3.05) is 31.6 Å². The molecule has 0 saturated carbocycles. The van der Waals surface area contributed by atoms with E-state index in [0.717, 1.165) is 31.7 Å². The maximum absolute atomic E-state index is 11.8. The predicted octanol–water partition coefficient (Wildman–Crippen LogP) is 0.699. The Morgan fingerprint density at radius 2 is 2.18 bits per heavy atom. The van der Waals surface area contributed by atoms with Gasteiger partial charge in [-0.1, -0.05) is 6.92 Å². The molecule has 0 aliphatic heterocycles. The maximum Gasteiger partial charge on any atom is 0.268 e. The van der Waals surface area contributed by atoms with E-state index < -0.39 is 0 Å². The van der Waals surface area contributed by atoms with Crippen LogP contribution in [0.4, 0.5) is 5.69 Å². The van der Waals surface area contributed by atoms with Crippen LogP contribution in [0.2, 0.25) is 0 Å². The Labute approximate surface area is 102 Å². The number of hydrogen-bond donors (Lipinski definition) is 1. The average Bonchev–Trinajstić information content (AvgIpc) is 2.35. The molecule has 0 spiro atoms. The average molecular weight is 238 g/mol. The van der Waals surface area contributed by atoms with Crippen LogP contribution in [0.3, 0.4) is 0 Å². The van der Waals surface area contributed by atoms with E-state index in [4.69, 9.17) is 0 Å². The van der Waals surface area contributed by atoms with E-state index in [0.29, 0.717) is 6.54 Å². The zero-order valence-corrected chi connectivity index (χ0v) is 10.9. The second kappa shape index (κ2) is 7.06. The van der Waals surface area contributed by atoms with E-state index in [1.54, 1.807) is 12.3 Å². The van der Waals surface area contributed by atoms with Gasteiger partial charge in [-0.3, -0.25) is 4.79 Å². The molecule has 17 heavy (non-hydrogen) atoms. The predicted molar refractivity (Wildman–Crippen MR) is 70.6 cm³/mol. The van der Waals surface area contributed by atoms with E-state index in [-0.39, 0.29) is 5.56 Å². The SMILES string of the molecule is CCCNCCn1ncc(N(C)CC)cc1=O. The van der Waals surface area contributed by atoms with Crippen LogP contribution < -0.4 is 15.8 Å². The summed E-state index contributed by atoms with van der Waals surface area (Å²) in [6.45, 7) is 7.40.